The Labute approximate surface area is 137 Å². The molecule has 2 saturated heterocycles. The van der Waals surface area contributed by atoms with Crippen molar-refractivity contribution in [3.63, 3.8) is 0 Å². The molecule has 0 bridgehead atoms. The fourth-order valence-electron chi connectivity index (χ4n) is 3.11. The van der Waals surface area contributed by atoms with E-state index in [1.165, 1.54) is 0 Å². The maximum absolute atomic E-state index is 12.4. The third-order valence-electron chi connectivity index (χ3n) is 4.72. The molecule has 0 aliphatic carbocycles. The van der Waals surface area contributed by atoms with Crippen LogP contribution in [0.3, 0.4) is 0 Å². The van der Waals surface area contributed by atoms with E-state index in [0.717, 1.165) is 50.4 Å². The van der Waals surface area contributed by atoms with Crippen LogP contribution < -0.4 is 10.2 Å². The number of carbonyl (C=O) groups is 1. The van der Waals surface area contributed by atoms with Crippen LogP contribution >= 0.6 is 0 Å². The molecule has 2 aliphatic rings. The quantitative estimate of drug-likeness (QED) is 0.915. The first-order chi connectivity index (χ1) is 11.1. The van der Waals surface area contributed by atoms with E-state index >= 15 is 0 Å². The van der Waals surface area contributed by atoms with Crippen LogP contribution in [0.1, 0.15) is 18.4 Å². The van der Waals surface area contributed by atoms with Gasteiger partial charge in [-0.1, -0.05) is 6.07 Å². The normalized spacial score (nSPS) is 20.5. The van der Waals surface area contributed by atoms with Crippen molar-refractivity contribution in [1.29, 1.82) is 0 Å². The first-order valence-electron chi connectivity index (χ1n) is 8.43. The number of carbonyl (C=O) groups excluding carboxylic acids is 1. The molecule has 2 fully saturated rings. The summed E-state index contributed by atoms with van der Waals surface area (Å²) in [7, 11) is 2.14. The van der Waals surface area contributed by atoms with Crippen molar-refractivity contribution in [3.05, 3.63) is 17.7 Å². The molecule has 23 heavy (non-hydrogen) atoms. The number of pyridine rings is 1. The number of hydrogen-bond acceptors (Lipinski definition) is 5. The Morgan fingerprint density at radius 3 is 2.61 bits per heavy atom. The van der Waals surface area contributed by atoms with Crippen molar-refractivity contribution in [2.24, 2.45) is 5.92 Å². The molecule has 1 aromatic rings. The van der Waals surface area contributed by atoms with Gasteiger partial charge in [0.15, 0.2) is 0 Å². The van der Waals surface area contributed by atoms with Crippen LogP contribution in [-0.2, 0) is 9.53 Å². The second-order valence-corrected chi connectivity index (χ2v) is 6.50. The first-order valence-corrected chi connectivity index (χ1v) is 8.43. The zero-order valence-corrected chi connectivity index (χ0v) is 14.0. The summed E-state index contributed by atoms with van der Waals surface area (Å²) in [6.07, 6.45) is 1.59. The first kappa shape index (κ1) is 16.2. The molecule has 3 rings (SSSR count). The van der Waals surface area contributed by atoms with Gasteiger partial charge in [0.1, 0.15) is 11.6 Å². The van der Waals surface area contributed by atoms with Crippen LogP contribution in [0.15, 0.2) is 12.1 Å². The summed E-state index contributed by atoms with van der Waals surface area (Å²) in [6.45, 7) is 7.45. The van der Waals surface area contributed by atoms with E-state index in [1.807, 2.05) is 12.1 Å². The molecular formula is C17H26N4O2. The number of likely N-dealkylation sites (N-methyl/N-ethyl adjacent to an activating group) is 1. The van der Waals surface area contributed by atoms with Crippen LogP contribution in [0.2, 0.25) is 0 Å². The Morgan fingerprint density at radius 2 is 1.91 bits per heavy atom. The summed E-state index contributed by atoms with van der Waals surface area (Å²) in [6, 6.07) is 3.94. The number of piperazine rings is 1. The zero-order chi connectivity index (χ0) is 16.2. The summed E-state index contributed by atoms with van der Waals surface area (Å²) in [5, 5.41) is 2.98. The van der Waals surface area contributed by atoms with Gasteiger partial charge < -0.3 is 19.9 Å². The number of amides is 1. The van der Waals surface area contributed by atoms with Gasteiger partial charge in [-0.05, 0) is 38.4 Å². The summed E-state index contributed by atoms with van der Waals surface area (Å²) in [5.74, 6) is 1.75. The van der Waals surface area contributed by atoms with Gasteiger partial charge >= 0.3 is 0 Å². The number of hydrogen-bond donors (Lipinski definition) is 1. The minimum absolute atomic E-state index is 0.0407. The fourth-order valence-corrected chi connectivity index (χ4v) is 3.11. The Hall–Kier alpha value is -1.66. The van der Waals surface area contributed by atoms with Gasteiger partial charge in [-0.25, -0.2) is 4.98 Å². The monoisotopic (exact) mass is 318 g/mol. The Morgan fingerprint density at radius 1 is 1.22 bits per heavy atom. The molecule has 1 amide bonds. The molecule has 0 spiro atoms. The van der Waals surface area contributed by atoms with Crippen LogP contribution in [0.25, 0.3) is 0 Å². The highest BCUT2D eigenvalue weighted by molar-refractivity contribution is 5.91. The van der Waals surface area contributed by atoms with Gasteiger partial charge in [-0.15, -0.1) is 0 Å². The van der Waals surface area contributed by atoms with Crippen molar-refractivity contribution in [2.75, 3.05) is 56.7 Å². The Bertz CT molecular complexity index is 550. The van der Waals surface area contributed by atoms with Crippen LogP contribution in [-0.4, -0.2) is 62.2 Å². The Kier molecular flexibility index (Phi) is 5.13. The summed E-state index contributed by atoms with van der Waals surface area (Å²) in [4.78, 5) is 21.7. The predicted molar refractivity (Wildman–Crippen MR) is 90.9 cm³/mol. The molecule has 0 saturated carbocycles. The molecule has 126 valence electrons. The number of anilines is 2. The smallest absolute Gasteiger partial charge is 0.228 e. The highest BCUT2D eigenvalue weighted by atomic mass is 16.5. The Balaban J connectivity index is 1.68. The predicted octanol–water partition coefficient (Wildman–Crippen LogP) is 1.51. The maximum atomic E-state index is 12.4. The lowest BCUT2D eigenvalue weighted by Crippen LogP contribution is -2.45. The van der Waals surface area contributed by atoms with Gasteiger partial charge in [0.25, 0.3) is 0 Å². The van der Waals surface area contributed by atoms with E-state index in [9.17, 15) is 4.79 Å². The van der Waals surface area contributed by atoms with E-state index in [-0.39, 0.29) is 11.8 Å². The third-order valence-corrected chi connectivity index (χ3v) is 4.72. The van der Waals surface area contributed by atoms with E-state index in [4.69, 9.17) is 9.72 Å². The third kappa shape index (κ3) is 4.00. The fraction of sp³-hybridized carbons (Fsp3) is 0.647. The average molecular weight is 318 g/mol. The van der Waals surface area contributed by atoms with E-state index < -0.39 is 0 Å². The summed E-state index contributed by atoms with van der Waals surface area (Å²) >= 11 is 0. The number of nitrogens with one attached hydrogen (secondary N) is 1. The van der Waals surface area contributed by atoms with E-state index in [1.54, 1.807) is 0 Å². The number of aromatic nitrogens is 1. The summed E-state index contributed by atoms with van der Waals surface area (Å²) < 4.78 is 5.32. The second-order valence-electron chi connectivity index (χ2n) is 6.50. The topological polar surface area (TPSA) is 57.7 Å². The van der Waals surface area contributed by atoms with Gasteiger partial charge in [-0.2, -0.15) is 0 Å². The summed E-state index contributed by atoms with van der Waals surface area (Å²) in [5.41, 5.74) is 1.15. The SMILES string of the molecule is Cc1ccc(NC(=O)C2CCOCC2)nc1N1CCN(C)CC1. The van der Waals surface area contributed by atoms with Crippen molar-refractivity contribution >= 4 is 17.5 Å². The lowest BCUT2D eigenvalue weighted by atomic mass is 9.99. The van der Waals surface area contributed by atoms with Gasteiger partial charge in [0.2, 0.25) is 5.91 Å². The zero-order valence-electron chi connectivity index (χ0n) is 14.0. The lowest BCUT2D eigenvalue weighted by Gasteiger charge is -2.34. The highest BCUT2D eigenvalue weighted by Crippen LogP contribution is 2.22. The molecule has 3 heterocycles. The molecule has 0 aromatic carbocycles. The standard InChI is InChI=1S/C17H26N4O2/c1-13-3-4-15(19-17(22)14-5-11-23-12-6-14)18-16(13)21-9-7-20(2)8-10-21/h3-4,14H,5-12H2,1-2H3,(H,18,19,22). The molecule has 0 radical (unpaired) electrons. The average Bonchev–Trinajstić information content (AvgIpc) is 2.58. The molecule has 6 nitrogen and oxygen atoms in total. The molecule has 0 unspecified atom stereocenters. The van der Waals surface area contributed by atoms with Crippen molar-refractivity contribution in [2.45, 2.75) is 19.8 Å². The number of rotatable bonds is 3. The maximum Gasteiger partial charge on any atom is 0.228 e. The van der Waals surface area contributed by atoms with Crippen LogP contribution in [0.4, 0.5) is 11.6 Å². The minimum Gasteiger partial charge on any atom is -0.381 e. The number of aryl methyl sites for hydroxylation is 1. The minimum atomic E-state index is 0.0407. The van der Waals surface area contributed by atoms with E-state index in [0.29, 0.717) is 19.0 Å². The molecule has 1 N–H and O–H groups in total. The second kappa shape index (κ2) is 7.27. The van der Waals surface area contributed by atoms with Gasteiger partial charge in [0, 0.05) is 45.3 Å². The van der Waals surface area contributed by atoms with Gasteiger partial charge in [0.05, 0.1) is 0 Å². The number of nitrogens with zero attached hydrogens (tertiary/aromatic N) is 3. The van der Waals surface area contributed by atoms with Crippen molar-refractivity contribution in [3.8, 4) is 0 Å². The molecular weight excluding hydrogens is 292 g/mol. The van der Waals surface area contributed by atoms with Crippen molar-refractivity contribution < 1.29 is 9.53 Å². The van der Waals surface area contributed by atoms with Crippen molar-refractivity contribution in [1.82, 2.24) is 9.88 Å². The van der Waals surface area contributed by atoms with Crippen LogP contribution in [0, 0.1) is 12.8 Å². The largest absolute Gasteiger partial charge is 0.381 e. The molecule has 2 aliphatic heterocycles. The molecule has 1 aromatic heterocycles. The molecule has 0 atom stereocenters. The number of ether oxygens (including phenoxy) is 1. The van der Waals surface area contributed by atoms with Crippen LogP contribution in [0.5, 0.6) is 0 Å². The van der Waals surface area contributed by atoms with E-state index in [2.05, 4.69) is 29.1 Å². The van der Waals surface area contributed by atoms with Gasteiger partial charge in [-0.3, -0.25) is 4.79 Å². The highest BCUT2D eigenvalue weighted by Gasteiger charge is 2.23. The molecule has 6 heteroatoms. The lowest BCUT2D eigenvalue weighted by molar-refractivity contribution is -0.122.